The first kappa shape index (κ1) is 14.9. The second kappa shape index (κ2) is 7.31. The molecule has 1 aliphatic rings. The minimum absolute atomic E-state index is 0.106. The highest BCUT2D eigenvalue weighted by Gasteiger charge is 2.23. The number of nitriles is 1. The van der Waals surface area contributed by atoms with Gasteiger partial charge >= 0.3 is 0 Å². The summed E-state index contributed by atoms with van der Waals surface area (Å²) in [6.45, 7) is 5.69. The second-order valence-corrected chi connectivity index (χ2v) is 5.94. The Kier molecular flexibility index (Phi) is 5.43. The highest BCUT2D eigenvalue weighted by molar-refractivity contribution is 5.28. The molecule has 0 aliphatic heterocycles. The highest BCUT2D eigenvalue weighted by Crippen LogP contribution is 2.29. The van der Waals surface area contributed by atoms with Crippen LogP contribution in [0.4, 0.5) is 0 Å². The predicted molar refractivity (Wildman–Crippen MR) is 80.4 cm³/mol. The van der Waals surface area contributed by atoms with Crippen LogP contribution in [0.25, 0.3) is 0 Å². The minimum Gasteiger partial charge on any atom is -0.479 e. The fraction of sp³-hybridized carbons (Fsp3) is 0.588. The fourth-order valence-corrected chi connectivity index (χ4v) is 2.86. The molecule has 0 spiro atoms. The SMILES string of the molecule is CC1CCC(NCc2cccc(OCC#N)c2)CC1C. The van der Waals surface area contributed by atoms with E-state index < -0.39 is 0 Å². The smallest absolute Gasteiger partial charge is 0.174 e. The molecule has 1 aromatic rings. The van der Waals surface area contributed by atoms with Gasteiger partial charge in [-0.05, 0) is 48.8 Å². The maximum Gasteiger partial charge on any atom is 0.174 e. The average molecular weight is 272 g/mol. The summed E-state index contributed by atoms with van der Waals surface area (Å²) in [5, 5.41) is 12.2. The van der Waals surface area contributed by atoms with Gasteiger partial charge in [0.25, 0.3) is 0 Å². The lowest BCUT2D eigenvalue weighted by molar-refractivity contribution is 0.225. The van der Waals surface area contributed by atoms with Crippen molar-refractivity contribution in [3.8, 4) is 11.8 Å². The molecule has 0 radical (unpaired) electrons. The van der Waals surface area contributed by atoms with Crippen molar-refractivity contribution < 1.29 is 4.74 Å². The van der Waals surface area contributed by atoms with Crippen molar-refractivity contribution in [2.45, 2.75) is 45.7 Å². The van der Waals surface area contributed by atoms with Crippen molar-refractivity contribution in [2.75, 3.05) is 6.61 Å². The van der Waals surface area contributed by atoms with E-state index >= 15 is 0 Å². The van der Waals surface area contributed by atoms with Gasteiger partial charge in [0.2, 0.25) is 0 Å². The first-order chi connectivity index (χ1) is 9.69. The van der Waals surface area contributed by atoms with Gasteiger partial charge in [-0.15, -0.1) is 0 Å². The molecule has 0 saturated heterocycles. The van der Waals surface area contributed by atoms with E-state index in [1.165, 1.54) is 24.8 Å². The van der Waals surface area contributed by atoms with Crippen LogP contribution in [0.1, 0.15) is 38.7 Å². The van der Waals surface area contributed by atoms with Crippen molar-refractivity contribution in [3.63, 3.8) is 0 Å². The fourth-order valence-electron chi connectivity index (χ4n) is 2.86. The Labute approximate surface area is 121 Å². The molecule has 3 unspecified atom stereocenters. The molecule has 1 aromatic carbocycles. The molecule has 1 N–H and O–H groups in total. The lowest BCUT2D eigenvalue weighted by Crippen LogP contribution is -2.35. The largest absolute Gasteiger partial charge is 0.479 e. The Morgan fingerprint density at radius 2 is 2.15 bits per heavy atom. The standard InChI is InChI=1S/C17H24N2O/c1-13-6-7-16(10-14(13)2)19-12-15-4-3-5-17(11-15)20-9-8-18/h3-5,11,13-14,16,19H,6-7,9-10,12H2,1-2H3. The van der Waals surface area contributed by atoms with E-state index in [1.807, 2.05) is 24.3 Å². The van der Waals surface area contributed by atoms with E-state index in [9.17, 15) is 0 Å². The number of benzene rings is 1. The molecule has 1 aliphatic carbocycles. The maximum absolute atomic E-state index is 8.53. The van der Waals surface area contributed by atoms with E-state index in [-0.39, 0.29) is 6.61 Å². The van der Waals surface area contributed by atoms with Crippen LogP contribution in [0.5, 0.6) is 5.75 Å². The topological polar surface area (TPSA) is 45.0 Å². The first-order valence-corrected chi connectivity index (χ1v) is 7.51. The Bertz CT molecular complexity index is 466. The zero-order valence-corrected chi connectivity index (χ0v) is 12.4. The molecule has 0 aromatic heterocycles. The van der Waals surface area contributed by atoms with Crippen molar-refractivity contribution in [3.05, 3.63) is 29.8 Å². The number of rotatable bonds is 5. The zero-order valence-electron chi connectivity index (χ0n) is 12.4. The number of hydrogen-bond donors (Lipinski definition) is 1. The number of nitrogens with one attached hydrogen (secondary N) is 1. The Balaban J connectivity index is 1.83. The minimum atomic E-state index is 0.106. The Hall–Kier alpha value is -1.53. The summed E-state index contributed by atoms with van der Waals surface area (Å²) in [6.07, 6.45) is 3.87. The van der Waals surface area contributed by atoms with E-state index in [4.69, 9.17) is 10.00 Å². The van der Waals surface area contributed by atoms with Gasteiger partial charge in [-0.1, -0.05) is 26.0 Å². The zero-order chi connectivity index (χ0) is 14.4. The summed E-state index contributed by atoms with van der Waals surface area (Å²) in [4.78, 5) is 0. The van der Waals surface area contributed by atoms with E-state index in [2.05, 4.69) is 25.2 Å². The molecular formula is C17H24N2O. The van der Waals surface area contributed by atoms with Crippen molar-refractivity contribution in [2.24, 2.45) is 11.8 Å². The molecular weight excluding hydrogens is 248 g/mol. The van der Waals surface area contributed by atoms with Crippen LogP contribution in [-0.4, -0.2) is 12.6 Å². The quantitative estimate of drug-likeness (QED) is 0.892. The third-order valence-electron chi connectivity index (χ3n) is 4.39. The summed E-state index contributed by atoms with van der Waals surface area (Å²) < 4.78 is 5.33. The molecule has 1 saturated carbocycles. The van der Waals surface area contributed by atoms with Gasteiger partial charge in [0.15, 0.2) is 6.61 Å². The van der Waals surface area contributed by atoms with Gasteiger partial charge in [0, 0.05) is 12.6 Å². The average Bonchev–Trinajstić information content (AvgIpc) is 2.47. The molecule has 3 heteroatoms. The lowest BCUT2D eigenvalue weighted by atomic mass is 9.79. The van der Waals surface area contributed by atoms with Crippen LogP contribution in [0, 0.1) is 23.2 Å². The number of nitrogens with zero attached hydrogens (tertiary/aromatic N) is 1. The molecule has 20 heavy (non-hydrogen) atoms. The van der Waals surface area contributed by atoms with Crippen LogP contribution in [-0.2, 0) is 6.54 Å². The first-order valence-electron chi connectivity index (χ1n) is 7.51. The van der Waals surface area contributed by atoms with E-state index in [1.54, 1.807) is 0 Å². The van der Waals surface area contributed by atoms with Crippen molar-refractivity contribution >= 4 is 0 Å². The third kappa shape index (κ3) is 4.25. The van der Waals surface area contributed by atoms with Gasteiger partial charge < -0.3 is 10.1 Å². The van der Waals surface area contributed by atoms with Crippen molar-refractivity contribution in [1.29, 1.82) is 5.26 Å². The van der Waals surface area contributed by atoms with Crippen LogP contribution in [0.2, 0.25) is 0 Å². The van der Waals surface area contributed by atoms with Crippen LogP contribution in [0.15, 0.2) is 24.3 Å². The maximum atomic E-state index is 8.53. The number of ether oxygens (including phenoxy) is 1. The second-order valence-electron chi connectivity index (χ2n) is 5.94. The predicted octanol–water partition coefficient (Wildman–Crippen LogP) is 3.50. The summed E-state index contributed by atoms with van der Waals surface area (Å²) in [6, 6.07) is 10.6. The van der Waals surface area contributed by atoms with Gasteiger partial charge in [-0.25, -0.2) is 0 Å². The summed E-state index contributed by atoms with van der Waals surface area (Å²) in [5.41, 5.74) is 1.21. The van der Waals surface area contributed by atoms with Crippen LogP contribution < -0.4 is 10.1 Å². The monoisotopic (exact) mass is 272 g/mol. The van der Waals surface area contributed by atoms with E-state index in [0.29, 0.717) is 6.04 Å². The van der Waals surface area contributed by atoms with E-state index in [0.717, 1.165) is 24.1 Å². The summed E-state index contributed by atoms with van der Waals surface area (Å²) >= 11 is 0. The molecule has 0 heterocycles. The Morgan fingerprint density at radius 1 is 1.30 bits per heavy atom. The lowest BCUT2D eigenvalue weighted by Gasteiger charge is -2.32. The molecule has 1 fully saturated rings. The van der Waals surface area contributed by atoms with Gasteiger partial charge in [-0.2, -0.15) is 5.26 Å². The molecule has 3 atom stereocenters. The molecule has 108 valence electrons. The normalized spacial score (nSPS) is 25.9. The third-order valence-corrected chi connectivity index (χ3v) is 4.39. The highest BCUT2D eigenvalue weighted by atomic mass is 16.5. The number of hydrogen-bond acceptors (Lipinski definition) is 3. The van der Waals surface area contributed by atoms with Crippen LogP contribution >= 0.6 is 0 Å². The van der Waals surface area contributed by atoms with Gasteiger partial charge in [-0.3, -0.25) is 0 Å². The molecule has 0 bridgehead atoms. The Morgan fingerprint density at radius 3 is 2.90 bits per heavy atom. The van der Waals surface area contributed by atoms with Gasteiger partial charge in [0.1, 0.15) is 11.8 Å². The van der Waals surface area contributed by atoms with Crippen molar-refractivity contribution in [1.82, 2.24) is 5.32 Å². The molecule has 0 amide bonds. The van der Waals surface area contributed by atoms with Gasteiger partial charge in [0.05, 0.1) is 0 Å². The van der Waals surface area contributed by atoms with Crippen LogP contribution in [0.3, 0.4) is 0 Å². The molecule has 3 nitrogen and oxygen atoms in total. The summed E-state index contributed by atoms with van der Waals surface area (Å²) in [7, 11) is 0. The summed E-state index contributed by atoms with van der Waals surface area (Å²) in [5.74, 6) is 2.44. The molecule has 2 rings (SSSR count).